The number of carbonyl (C=O) groups is 2. The Bertz CT molecular complexity index is 925. The van der Waals surface area contributed by atoms with Gasteiger partial charge in [-0.2, -0.15) is 0 Å². The zero-order valence-electron chi connectivity index (χ0n) is 16.1. The highest BCUT2D eigenvalue weighted by Crippen LogP contribution is 2.38. The van der Waals surface area contributed by atoms with Crippen LogP contribution in [0, 0.1) is 0 Å². The molecule has 0 fully saturated rings. The highest BCUT2D eigenvalue weighted by Gasteiger charge is 2.22. The molecule has 0 saturated heterocycles. The molecule has 2 aromatic carbocycles. The molecule has 1 aliphatic heterocycles. The second-order valence-electron chi connectivity index (χ2n) is 6.08. The number of methoxy groups -OCH3 is 3. The summed E-state index contributed by atoms with van der Waals surface area (Å²) in [6.07, 6.45) is 3.13. The quantitative estimate of drug-likeness (QED) is 0.564. The molecule has 0 unspecified atom stereocenters. The van der Waals surface area contributed by atoms with Crippen LogP contribution in [0.5, 0.6) is 23.0 Å². The second kappa shape index (κ2) is 8.04. The lowest BCUT2D eigenvalue weighted by molar-refractivity contribution is -0.120. The monoisotopic (exact) mass is 383 g/mol. The van der Waals surface area contributed by atoms with Crippen LogP contribution in [0.2, 0.25) is 0 Å². The molecular formula is C21H21NO6. The van der Waals surface area contributed by atoms with E-state index in [4.69, 9.17) is 18.9 Å². The molecule has 0 aliphatic carbocycles. The van der Waals surface area contributed by atoms with E-state index in [2.05, 4.69) is 0 Å². The number of likely N-dealkylation sites (N-methyl/N-ethyl adjacent to an activating group) is 1. The van der Waals surface area contributed by atoms with E-state index < -0.39 is 0 Å². The highest BCUT2D eigenvalue weighted by molar-refractivity contribution is 6.08. The lowest BCUT2D eigenvalue weighted by Gasteiger charge is -2.26. The maximum absolute atomic E-state index is 12.6. The van der Waals surface area contributed by atoms with Gasteiger partial charge in [0.05, 0.1) is 27.0 Å². The van der Waals surface area contributed by atoms with Crippen LogP contribution in [0.25, 0.3) is 6.08 Å². The molecule has 146 valence electrons. The summed E-state index contributed by atoms with van der Waals surface area (Å²) in [5.74, 6) is 1.68. The third kappa shape index (κ3) is 3.64. The van der Waals surface area contributed by atoms with Crippen molar-refractivity contribution in [3.8, 4) is 23.0 Å². The first-order valence-corrected chi connectivity index (χ1v) is 8.54. The standard InChI is InChI=1S/C21H21NO6/c1-22-15-7-6-14(11-17(15)28-12-20(22)24)16(23)8-5-13-9-18(25-2)21(27-4)19(10-13)26-3/h5-11H,12H2,1-4H3. The van der Waals surface area contributed by atoms with Crippen molar-refractivity contribution in [1.82, 2.24) is 0 Å². The molecule has 3 rings (SSSR count). The fourth-order valence-corrected chi connectivity index (χ4v) is 2.90. The molecule has 0 radical (unpaired) electrons. The molecule has 7 heteroatoms. The van der Waals surface area contributed by atoms with Crippen LogP contribution in [-0.2, 0) is 4.79 Å². The molecule has 7 nitrogen and oxygen atoms in total. The lowest BCUT2D eigenvalue weighted by Crippen LogP contribution is -2.35. The lowest BCUT2D eigenvalue weighted by atomic mass is 10.1. The van der Waals surface area contributed by atoms with Crippen LogP contribution in [-0.4, -0.2) is 46.7 Å². The van der Waals surface area contributed by atoms with Gasteiger partial charge in [0, 0.05) is 12.6 Å². The maximum atomic E-state index is 12.6. The summed E-state index contributed by atoms with van der Waals surface area (Å²) >= 11 is 0. The Balaban J connectivity index is 1.85. The van der Waals surface area contributed by atoms with Gasteiger partial charge in [0.1, 0.15) is 5.75 Å². The molecule has 0 N–H and O–H groups in total. The number of benzene rings is 2. The summed E-state index contributed by atoms with van der Waals surface area (Å²) in [5, 5.41) is 0. The van der Waals surface area contributed by atoms with Gasteiger partial charge in [0.2, 0.25) is 5.75 Å². The van der Waals surface area contributed by atoms with Crippen LogP contribution >= 0.6 is 0 Å². The first-order valence-electron chi connectivity index (χ1n) is 8.54. The molecule has 0 spiro atoms. The average molecular weight is 383 g/mol. The predicted octanol–water partition coefficient (Wildman–Crippen LogP) is 2.96. The number of ketones is 1. The molecule has 2 aromatic rings. The van der Waals surface area contributed by atoms with E-state index in [0.29, 0.717) is 34.2 Å². The van der Waals surface area contributed by atoms with E-state index in [9.17, 15) is 9.59 Å². The van der Waals surface area contributed by atoms with Gasteiger partial charge in [0.15, 0.2) is 23.9 Å². The van der Waals surface area contributed by atoms with E-state index in [1.165, 1.54) is 32.3 Å². The molecule has 28 heavy (non-hydrogen) atoms. The van der Waals surface area contributed by atoms with Gasteiger partial charge >= 0.3 is 0 Å². The van der Waals surface area contributed by atoms with Gasteiger partial charge in [-0.15, -0.1) is 0 Å². The van der Waals surface area contributed by atoms with Crippen molar-refractivity contribution >= 4 is 23.5 Å². The number of fused-ring (bicyclic) bond motifs is 1. The minimum Gasteiger partial charge on any atom is -0.493 e. The Kier molecular flexibility index (Phi) is 5.54. The number of hydrogen-bond acceptors (Lipinski definition) is 6. The van der Waals surface area contributed by atoms with Crippen molar-refractivity contribution in [2.24, 2.45) is 0 Å². The minimum absolute atomic E-state index is 0.0393. The Morgan fingerprint density at radius 1 is 1.07 bits per heavy atom. The number of hydrogen-bond donors (Lipinski definition) is 0. The summed E-state index contributed by atoms with van der Waals surface area (Å²) in [7, 11) is 6.27. The summed E-state index contributed by atoms with van der Waals surface area (Å²) in [6.45, 7) is -0.0393. The Morgan fingerprint density at radius 2 is 1.75 bits per heavy atom. The highest BCUT2D eigenvalue weighted by atomic mass is 16.5. The van der Waals surface area contributed by atoms with Crippen LogP contribution in [0.3, 0.4) is 0 Å². The normalized spacial score (nSPS) is 13.1. The van der Waals surface area contributed by atoms with Crippen LogP contribution in [0.15, 0.2) is 36.4 Å². The molecule has 0 saturated carbocycles. The molecule has 1 heterocycles. The van der Waals surface area contributed by atoms with Gasteiger partial charge in [-0.25, -0.2) is 0 Å². The van der Waals surface area contributed by atoms with Gasteiger partial charge in [0.25, 0.3) is 5.91 Å². The number of carbonyl (C=O) groups excluding carboxylic acids is 2. The van der Waals surface area contributed by atoms with Crippen LogP contribution in [0.1, 0.15) is 15.9 Å². The number of ether oxygens (including phenoxy) is 4. The van der Waals surface area contributed by atoms with Gasteiger partial charge in [-0.3, -0.25) is 9.59 Å². The topological polar surface area (TPSA) is 74.3 Å². The van der Waals surface area contributed by atoms with Gasteiger partial charge in [-0.1, -0.05) is 6.08 Å². The van der Waals surface area contributed by atoms with Crippen molar-refractivity contribution in [3.05, 3.63) is 47.5 Å². The number of amides is 1. The second-order valence-corrected chi connectivity index (χ2v) is 6.08. The van der Waals surface area contributed by atoms with E-state index in [1.807, 2.05) is 0 Å². The Hall–Kier alpha value is -3.48. The summed E-state index contributed by atoms with van der Waals surface area (Å²) in [6, 6.07) is 8.51. The van der Waals surface area contributed by atoms with E-state index in [-0.39, 0.29) is 18.3 Å². The van der Waals surface area contributed by atoms with Crippen LogP contribution in [0.4, 0.5) is 5.69 Å². The van der Waals surface area contributed by atoms with Crippen molar-refractivity contribution in [2.45, 2.75) is 0 Å². The first kappa shape index (κ1) is 19.3. The minimum atomic E-state index is -0.195. The first-order chi connectivity index (χ1) is 13.5. The van der Waals surface area contributed by atoms with Crippen LogP contribution < -0.4 is 23.8 Å². The van der Waals surface area contributed by atoms with E-state index in [0.717, 1.165) is 5.56 Å². The third-order valence-electron chi connectivity index (χ3n) is 4.45. The summed E-state index contributed by atoms with van der Waals surface area (Å²) in [4.78, 5) is 25.8. The average Bonchev–Trinajstić information content (AvgIpc) is 2.73. The van der Waals surface area contributed by atoms with Crippen molar-refractivity contribution < 1.29 is 28.5 Å². The fourth-order valence-electron chi connectivity index (χ4n) is 2.90. The fraction of sp³-hybridized carbons (Fsp3) is 0.238. The van der Waals surface area contributed by atoms with E-state index >= 15 is 0 Å². The molecular weight excluding hydrogens is 362 g/mol. The number of allylic oxidation sites excluding steroid dienone is 1. The number of nitrogens with zero attached hydrogens (tertiary/aromatic N) is 1. The Morgan fingerprint density at radius 3 is 2.36 bits per heavy atom. The van der Waals surface area contributed by atoms with Crippen molar-refractivity contribution in [3.63, 3.8) is 0 Å². The number of rotatable bonds is 6. The smallest absolute Gasteiger partial charge is 0.264 e. The number of anilines is 1. The van der Waals surface area contributed by atoms with Gasteiger partial charge in [-0.05, 0) is 42.0 Å². The zero-order chi connectivity index (χ0) is 20.3. The van der Waals surface area contributed by atoms with E-state index in [1.54, 1.807) is 43.5 Å². The summed E-state index contributed by atoms with van der Waals surface area (Å²) in [5.41, 5.74) is 1.83. The SMILES string of the molecule is COc1cc(C=CC(=O)c2ccc3c(c2)OCC(=O)N3C)cc(OC)c1OC. The Labute approximate surface area is 163 Å². The third-order valence-corrected chi connectivity index (χ3v) is 4.45. The predicted molar refractivity (Wildman–Crippen MR) is 105 cm³/mol. The van der Waals surface area contributed by atoms with Crippen molar-refractivity contribution in [2.75, 3.05) is 39.9 Å². The zero-order valence-corrected chi connectivity index (χ0v) is 16.1. The molecule has 1 amide bonds. The summed E-state index contributed by atoms with van der Waals surface area (Å²) < 4.78 is 21.4. The largest absolute Gasteiger partial charge is 0.493 e. The molecule has 1 aliphatic rings. The molecule has 0 aromatic heterocycles. The molecule has 0 bridgehead atoms. The van der Waals surface area contributed by atoms with Gasteiger partial charge < -0.3 is 23.8 Å². The van der Waals surface area contributed by atoms with Crippen molar-refractivity contribution in [1.29, 1.82) is 0 Å². The maximum Gasteiger partial charge on any atom is 0.264 e. The molecule has 0 atom stereocenters.